The molecule has 0 amide bonds. The second-order valence-corrected chi connectivity index (χ2v) is 12.6. The SMILES string of the molecule is CCCCC/C=C\C/C=C\C/C=C\C/C=C\CCCC(=O)O[C@@H](CO)COC(=O)CCCCCCC/C=C\CCCCCCCCC. The van der Waals surface area contributed by atoms with E-state index in [1.54, 1.807) is 0 Å². The monoisotopic (exact) mass is 657 g/mol. The van der Waals surface area contributed by atoms with Crippen LogP contribution in [0.1, 0.15) is 174 Å². The summed E-state index contributed by atoms with van der Waals surface area (Å²) in [6.07, 6.45) is 48.5. The molecular formula is C42H72O5. The highest BCUT2D eigenvalue weighted by molar-refractivity contribution is 5.70. The van der Waals surface area contributed by atoms with Crippen LogP contribution in [-0.4, -0.2) is 36.4 Å². The normalized spacial score (nSPS) is 12.8. The number of allylic oxidation sites excluding steroid dienone is 10. The van der Waals surface area contributed by atoms with Crippen molar-refractivity contribution in [1.82, 2.24) is 0 Å². The van der Waals surface area contributed by atoms with Gasteiger partial charge in [-0.3, -0.25) is 9.59 Å². The maximum absolute atomic E-state index is 12.1. The highest BCUT2D eigenvalue weighted by Crippen LogP contribution is 2.11. The summed E-state index contributed by atoms with van der Waals surface area (Å²) in [5.74, 6) is -0.669. The Kier molecular flexibility index (Phi) is 36.1. The molecule has 0 bridgehead atoms. The quantitative estimate of drug-likeness (QED) is 0.0424. The highest BCUT2D eigenvalue weighted by Gasteiger charge is 2.15. The van der Waals surface area contributed by atoms with E-state index >= 15 is 0 Å². The molecule has 0 aliphatic heterocycles. The summed E-state index contributed by atoms with van der Waals surface area (Å²) in [6.45, 7) is 4.04. The molecular weight excluding hydrogens is 584 g/mol. The van der Waals surface area contributed by atoms with E-state index in [0.717, 1.165) is 51.4 Å². The van der Waals surface area contributed by atoms with Crippen LogP contribution < -0.4 is 0 Å². The van der Waals surface area contributed by atoms with Crippen molar-refractivity contribution >= 4 is 11.9 Å². The maximum atomic E-state index is 12.1. The molecule has 47 heavy (non-hydrogen) atoms. The molecule has 0 fully saturated rings. The van der Waals surface area contributed by atoms with E-state index in [0.29, 0.717) is 12.8 Å². The van der Waals surface area contributed by atoms with Gasteiger partial charge in [-0.15, -0.1) is 0 Å². The zero-order valence-corrected chi connectivity index (χ0v) is 30.5. The van der Waals surface area contributed by atoms with E-state index in [2.05, 4.69) is 74.6 Å². The Balaban J connectivity index is 3.69. The molecule has 0 unspecified atom stereocenters. The first-order valence-corrected chi connectivity index (χ1v) is 19.3. The number of rotatable bonds is 34. The third-order valence-corrected chi connectivity index (χ3v) is 8.03. The fraction of sp³-hybridized carbons (Fsp3) is 0.714. The molecule has 0 aliphatic rings. The van der Waals surface area contributed by atoms with Gasteiger partial charge < -0.3 is 14.6 Å². The molecule has 270 valence electrons. The molecule has 0 aromatic heterocycles. The van der Waals surface area contributed by atoms with Crippen molar-refractivity contribution in [3.63, 3.8) is 0 Å². The number of carbonyl (C=O) groups is 2. The number of hydrogen-bond acceptors (Lipinski definition) is 5. The molecule has 5 nitrogen and oxygen atoms in total. The number of aliphatic hydroxyl groups excluding tert-OH is 1. The number of hydrogen-bond donors (Lipinski definition) is 1. The molecule has 0 saturated carbocycles. The van der Waals surface area contributed by atoms with E-state index in [1.165, 1.54) is 89.9 Å². The minimum Gasteiger partial charge on any atom is -0.462 e. The van der Waals surface area contributed by atoms with Crippen LogP contribution in [0.4, 0.5) is 0 Å². The summed E-state index contributed by atoms with van der Waals surface area (Å²) in [4.78, 5) is 24.2. The van der Waals surface area contributed by atoms with Gasteiger partial charge >= 0.3 is 11.9 Å². The predicted octanol–water partition coefficient (Wildman–Crippen LogP) is 12.0. The summed E-state index contributed by atoms with van der Waals surface area (Å²) in [5, 5.41) is 9.53. The van der Waals surface area contributed by atoms with E-state index in [-0.39, 0.29) is 31.6 Å². The van der Waals surface area contributed by atoms with Gasteiger partial charge in [-0.05, 0) is 77.0 Å². The van der Waals surface area contributed by atoms with Crippen molar-refractivity contribution in [2.45, 2.75) is 180 Å². The molecule has 1 atom stereocenters. The average molecular weight is 657 g/mol. The predicted molar refractivity (Wildman–Crippen MR) is 200 cm³/mol. The Bertz CT molecular complexity index is 838. The topological polar surface area (TPSA) is 72.8 Å². The molecule has 0 heterocycles. The van der Waals surface area contributed by atoms with Gasteiger partial charge in [0.05, 0.1) is 6.61 Å². The summed E-state index contributed by atoms with van der Waals surface area (Å²) in [7, 11) is 0. The number of unbranched alkanes of at least 4 members (excludes halogenated alkanes) is 16. The summed E-state index contributed by atoms with van der Waals surface area (Å²) < 4.78 is 10.5. The minimum absolute atomic E-state index is 0.0938. The first-order valence-electron chi connectivity index (χ1n) is 19.3. The van der Waals surface area contributed by atoms with E-state index in [9.17, 15) is 14.7 Å². The van der Waals surface area contributed by atoms with Gasteiger partial charge in [-0.25, -0.2) is 0 Å². The van der Waals surface area contributed by atoms with Crippen LogP contribution in [0.3, 0.4) is 0 Å². The van der Waals surface area contributed by atoms with Crippen LogP contribution >= 0.6 is 0 Å². The van der Waals surface area contributed by atoms with Crippen LogP contribution in [-0.2, 0) is 19.1 Å². The third-order valence-electron chi connectivity index (χ3n) is 8.03. The smallest absolute Gasteiger partial charge is 0.306 e. The van der Waals surface area contributed by atoms with E-state index in [4.69, 9.17) is 9.47 Å². The third kappa shape index (κ3) is 36.3. The van der Waals surface area contributed by atoms with Gasteiger partial charge in [0.25, 0.3) is 0 Å². The molecule has 0 radical (unpaired) electrons. The largest absolute Gasteiger partial charge is 0.462 e. The van der Waals surface area contributed by atoms with Crippen LogP contribution in [0.2, 0.25) is 0 Å². The van der Waals surface area contributed by atoms with Gasteiger partial charge in [0, 0.05) is 12.8 Å². The lowest BCUT2D eigenvalue weighted by atomic mass is 10.1. The number of aliphatic hydroxyl groups is 1. The van der Waals surface area contributed by atoms with Crippen molar-refractivity contribution in [2.24, 2.45) is 0 Å². The Morgan fingerprint density at radius 3 is 1.40 bits per heavy atom. The fourth-order valence-electron chi connectivity index (χ4n) is 5.07. The maximum Gasteiger partial charge on any atom is 0.306 e. The van der Waals surface area contributed by atoms with E-state index in [1.807, 2.05) is 0 Å². The lowest BCUT2D eigenvalue weighted by Crippen LogP contribution is -2.28. The van der Waals surface area contributed by atoms with Crippen molar-refractivity contribution in [1.29, 1.82) is 0 Å². The molecule has 0 aromatic rings. The minimum atomic E-state index is -0.804. The lowest BCUT2D eigenvalue weighted by molar-refractivity contribution is -0.161. The van der Waals surface area contributed by atoms with Crippen LogP contribution in [0.15, 0.2) is 60.8 Å². The Morgan fingerprint density at radius 1 is 0.489 bits per heavy atom. The van der Waals surface area contributed by atoms with Crippen molar-refractivity contribution in [3.05, 3.63) is 60.8 Å². The Labute approximate surface area is 290 Å². The number of esters is 2. The van der Waals surface area contributed by atoms with Crippen LogP contribution in [0, 0.1) is 0 Å². The molecule has 1 N–H and O–H groups in total. The molecule has 0 aliphatic carbocycles. The molecule has 5 heteroatoms. The van der Waals surface area contributed by atoms with Gasteiger partial charge in [0.2, 0.25) is 0 Å². The zero-order valence-electron chi connectivity index (χ0n) is 30.5. The van der Waals surface area contributed by atoms with Gasteiger partial charge in [-0.1, -0.05) is 145 Å². The van der Waals surface area contributed by atoms with Crippen molar-refractivity contribution < 1.29 is 24.2 Å². The average Bonchev–Trinajstić information content (AvgIpc) is 3.07. The number of carbonyl (C=O) groups excluding carboxylic acids is 2. The van der Waals surface area contributed by atoms with Gasteiger partial charge in [0.1, 0.15) is 6.61 Å². The molecule has 0 aromatic carbocycles. The molecule has 0 saturated heterocycles. The first kappa shape index (κ1) is 44.6. The second-order valence-electron chi connectivity index (χ2n) is 12.6. The van der Waals surface area contributed by atoms with Gasteiger partial charge in [-0.2, -0.15) is 0 Å². The second kappa shape index (κ2) is 38.1. The highest BCUT2D eigenvalue weighted by atomic mass is 16.6. The summed E-state index contributed by atoms with van der Waals surface area (Å²) in [5.41, 5.74) is 0. The molecule has 0 rings (SSSR count). The first-order chi connectivity index (χ1) is 23.1. The van der Waals surface area contributed by atoms with Crippen LogP contribution in [0.5, 0.6) is 0 Å². The standard InChI is InChI=1S/C42H72O5/c1-3-5-7-9-11-13-15-17-19-21-23-25-27-29-31-33-35-37-42(45)47-40(38-43)39-46-41(44)36-34-32-30-28-26-24-22-20-18-16-14-12-10-8-6-4-2/h11,13,17,19-20,22-23,25,29,31,40,43H,3-10,12,14-16,18,21,24,26-28,30,32-39H2,1-2H3/b13-11-,19-17-,22-20-,25-23-,31-29-/t40-/m0/s1. The lowest BCUT2D eigenvalue weighted by Gasteiger charge is -2.15. The summed E-state index contributed by atoms with van der Waals surface area (Å²) >= 11 is 0. The Morgan fingerprint density at radius 2 is 0.872 bits per heavy atom. The van der Waals surface area contributed by atoms with E-state index < -0.39 is 6.10 Å². The van der Waals surface area contributed by atoms with Gasteiger partial charge in [0.15, 0.2) is 6.10 Å². The van der Waals surface area contributed by atoms with Crippen LogP contribution in [0.25, 0.3) is 0 Å². The Hall–Kier alpha value is -2.40. The summed E-state index contributed by atoms with van der Waals surface area (Å²) in [6, 6.07) is 0. The fourth-order valence-corrected chi connectivity index (χ4v) is 5.07. The molecule has 0 spiro atoms. The zero-order chi connectivity index (χ0) is 34.3. The van der Waals surface area contributed by atoms with Crippen molar-refractivity contribution in [2.75, 3.05) is 13.2 Å². The van der Waals surface area contributed by atoms with Crippen molar-refractivity contribution in [3.8, 4) is 0 Å². The number of ether oxygens (including phenoxy) is 2.